The Bertz CT molecular complexity index is 470. The number of non-ortho nitro benzene ring substituents is 1. The van der Waals surface area contributed by atoms with Crippen LogP contribution in [0.1, 0.15) is 26.7 Å². The minimum Gasteiger partial charge on any atom is -0.491 e. The van der Waals surface area contributed by atoms with Crippen molar-refractivity contribution in [3.63, 3.8) is 0 Å². The molecule has 0 spiro atoms. The Morgan fingerprint density at radius 2 is 2.10 bits per heavy atom. The Kier molecular flexibility index (Phi) is 4.79. The second kappa shape index (κ2) is 6.56. The van der Waals surface area contributed by atoms with Gasteiger partial charge < -0.3 is 14.8 Å². The van der Waals surface area contributed by atoms with Crippen LogP contribution in [0.15, 0.2) is 18.2 Å². The SMILES string of the molecule is CC(C)Oc1cc(OC2CCCNC2)cc([N+](=O)[O-])c1. The number of nitro benzene ring substituents is 1. The summed E-state index contributed by atoms with van der Waals surface area (Å²) >= 11 is 0. The average molecular weight is 280 g/mol. The van der Waals surface area contributed by atoms with E-state index in [4.69, 9.17) is 9.47 Å². The molecule has 0 bridgehead atoms. The number of hydrogen-bond donors (Lipinski definition) is 1. The number of nitrogens with one attached hydrogen (secondary N) is 1. The highest BCUT2D eigenvalue weighted by molar-refractivity contribution is 5.46. The average Bonchev–Trinajstić information content (AvgIpc) is 2.38. The van der Waals surface area contributed by atoms with E-state index in [0.717, 1.165) is 25.9 Å². The zero-order chi connectivity index (χ0) is 14.5. The lowest BCUT2D eigenvalue weighted by Gasteiger charge is -2.24. The van der Waals surface area contributed by atoms with Crippen LogP contribution >= 0.6 is 0 Å². The van der Waals surface area contributed by atoms with Gasteiger partial charge in [-0.2, -0.15) is 0 Å². The van der Waals surface area contributed by atoms with Crippen LogP contribution in [0.5, 0.6) is 11.5 Å². The summed E-state index contributed by atoms with van der Waals surface area (Å²) in [6.07, 6.45) is 2.02. The van der Waals surface area contributed by atoms with Crippen molar-refractivity contribution in [1.29, 1.82) is 0 Å². The monoisotopic (exact) mass is 280 g/mol. The summed E-state index contributed by atoms with van der Waals surface area (Å²) in [6.45, 7) is 5.52. The largest absolute Gasteiger partial charge is 0.491 e. The van der Waals surface area contributed by atoms with E-state index in [-0.39, 0.29) is 17.9 Å². The first-order chi connectivity index (χ1) is 9.54. The molecule has 1 heterocycles. The summed E-state index contributed by atoms with van der Waals surface area (Å²) in [5.74, 6) is 0.955. The molecule has 1 fully saturated rings. The summed E-state index contributed by atoms with van der Waals surface area (Å²) in [6, 6.07) is 4.58. The van der Waals surface area contributed by atoms with Gasteiger partial charge in [-0.3, -0.25) is 10.1 Å². The zero-order valence-electron chi connectivity index (χ0n) is 11.8. The molecule has 0 aliphatic carbocycles. The normalized spacial score (nSPS) is 18.9. The van der Waals surface area contributed by atoms with E-state index < -0.39 is 4.92 Å². The van der Waals surface area contributed by atoms with Crippen LogP contribution in [0.4, 0.5) is 5.69 Å². The first-order valence-corrected chi connectivity index (χ1v) is 6.88. The Labute approximate surface area is 118 Å². The highest BCUT2D eigenvalue weighted by Gasteiger charge is 2.18. The number of piperidine rings is 1. The van der Waals surface area contributed by atoms with Crippen LogP contribution in [0.25, 0.3) is 0 Å². The maximum atomic E-state index is 11.0. The standard InChI is InChI=1S/C14H20N2O4/c1-10(2)19-13-6-11(16(17)18)7-14(8-13)20-12-4-3-5-15-9-12/h6-8,10,12,15H,3-5,9H2,1-2H3. The van der Waals surface area contributed by atoms with Gasteiger partial charge >= 0.3 is 0 Å². The van der Waals surface area contributed by atoms with Gasteiger partial charge in [0.25, 0.3) is 5.69 Å². The predicted octanol–water partition coefficient (Wildman–Crippen LogP) is 2.51. The van der Waals surface area contributed by atoms with E-state index in [2.05, 4.69) is 5.32 Å². The second-order valence-electron chi connectivity index (χ2n) is 5.17. The molecule has 1 aliphatic heterocycles. The van der Waals surface area contributed by atoms with Gasteiger partial charge in [0.2, 0.25) is 0 Å². The van der Waals surface area contributed by atoms with Crippen LogP contribution in [0, 0.1) is 10.1 Å². The lowest BCUT2D eigenvalue weighted by molar-refractivity contribution is -0.385. The molecule has 0 aromatic heterocycles. The van der Waals surface area contributed by atoms with E-state index in [1.807, 2.05) is 13.8 Å². The quantitative estimate of drug-likeness (QED) is 0.662. The molecule has 0 saturated carbocycles. The van der Waals surface area contributed by atoms with Gasteiger partial charge in [0, 0.05) is 12.6 Å². The molecule has 6 heteroatoms. The summed E-state index contributed by atoms with van der Waals surface area (Å²) in [4.78, 5) is 10.5. The van der Waals surface area contributed by atoms with E-state index in [1.54, 1.807) is 6.07 Å². The molecule has 0 amide bonds. The number of benzene rings is 1. The molecular weight excluding hydrogens is 260 g/mol. The number of rotatable bonds is 5. The van der Waals surface area contributed by atoms with E-state index in [9.17, 15) is 10.1 Å². The molecule has 6 nitrogen and oxygen atoms in total. The lowest BCUT2D eigenvalue weighted by Crippen LogP contribution is -2.37. The molecule has 1 atom stereocenters. The van der Waals surface area contributed by atoms with Crippen molar-refractivity contribution in [2.24, 2.45) is 0 Å². The van der Waals surface area contributed by atoms with Crippen LogP contribution in [0.3, 0.4) is 0 Å². The van der Waals surface area contributed by atoms with Crippen LogP contribution < -0.4 is 14.8 Å². The molecule has 110 valence electrons. The fourth-order valence-corrected chi connectivity index (χ4v) is 2.18. The van der Waals surface area contributed by atoms with Crippen molar-refractivity contribution < 1.29 is 14.4 Å². The summed E-state index contributed by atoms with van der Waals surface area (Å²) in [5, 5.41) is 14.2. The van der Waals surface area contributed by atoms with Crippen molar-refractivity contribution in [3.8, 4) is 11.5 Å². The highest BCUT2D eigenvalue weighted by Crippen LogP contribution is 2.29. The molecule has 1 aromatic rings. The summed E-state index contributed by atoms with van der Waals surface area (Å²) in [7, 11) is 0. The van der Waals surface area contributed by atoms with Crippen LogP contribution in [-0.2, 0) is 0 Å². The summed E-state index contributed by atoms with van der Waals surface area (Å²) < 4.78 is 11.4. The Hall–Kier alpha value is -1.82. The van der Waals surface area contributed by atoms with Crippen LogP contribution in [-0.4, -0.2) is 30.2 Å². The Morgan fingerprint density at radius 3 is 2.70 bits per heavy atom. The number of ether oxygens (including phenoxy) is 2. The fraction of sp³-hybridized carbons (Fsp3) is 0.571. The number of nitro groups is 1. The van der Waals surface area contributed by atoms with Crippen molar-refractivity contribution >= 4 is 5.69 Å². The van der Waals surface area contributed by atoms with Gasteiger partial charge in [0.05, 0.1) is 23.2 Å². The topological polar surface area (TPSA) is 73.6 Å². The molecule has 1 aromatic carbocycles. The molecule has 20 heavy (non-hydrogen) atoms. The third-order valence-corrected chi connectivity index (χ3v) is 3.00. The number of hydrogen-bond acceptors (Lipinski definition) is 5. The van der Waals surface area contributed by atoms with Gasteiger partial charge in [0.1, 0.15) is 17.6 Å². The molecule has 1 N–H and O–H groups in total. The van der Waals surface area contributed by atoms with Crippen molar-refractivity contribution in [2.75, 3.05) is 13.1 Å². The molecule has 1 aliphatic rings. The summed E-state index contributed by atoms with van der Waals surface area (Å²) in [5.41, 5.74) is -0.0121. The molecular formula is C14H20N2O4. The molecule has 1 saturated heterocycles. The third kappa shape index (κ3) is 4.09. The highest BCUT2D eigenvalue weighted by atomic mass is 16.6. The first kappa shape index (κ1) is 14.6. The Balaban J connectivity index is 2.17. The van der Waals surface area contributed by atoms with Crippen molar-refractivity contribution in [2.45, 2.75) is 38.9 Å². The van der Waals surface area contributed by atoms with Gasteiger partial charge in [-0.1, -0.05) is 0 Å². The Morgan fingerprint density at radius 1 is 1.35 bits per heavy atom. The smallest absolute Gasteiger partial charge is 0.276 e. The van der Waals surface area contributed by atoms with Crippen LogP contribution in [0.2, 0.25) is 0 Å². The maximum Gasteiger partial charge on any atom is 0.276 e. The molecule has 0 radical (unpaired) electrons. The van der Waals surface area contributed by atoms with E-state index in [1.165, 1.54) is 12.1 Å². The van der Waals surface area contributed by atoms with Gasteiger partial charge in [-0.25, -0.2) is 0 Å². The van der Waals surface area contributed by atoms with Gasteiger partial charge in [0.15, 0.2) is 0 Å². The van der Waals surface area contributed by atoms with Crippen molar-refractivity contribution in [3.05, 3.63) is 28.3 Å². The third-order valence-electron chi connectivity index (χ3n) is 3.00. The van der Waals surface area contributed by atoms with Gasteiger partial charge in [-0.15, -0.1) is 0 Å². The first-order valence-electron chi connectivity index (χ1n) is 6.88. The van der Waals surface area contributed by atoms with Gasteiger partial charge in [-0.05, 0) is 33.2 Å². The minimum atomic E-state index is -0.431. The van der Waals surface area contributed by atoms with Crippen molar-refractivity contribution in [1.82, 2.24) is 5.32 Å². The molecule has 1 unspecified atom stereocenters. The van der Waals surface area contributed by atoms with E-state index in [0.29, 0.717) is 11.5 Å². The predicted molar refractivity (Wildman–Crippen MR) is 75.4 cm³/mol. The molecule has 2 rings (SSSR count). The zero-order valence-corrected chi connectivity index (χ0v) is 11.8. The maximum absolute atomic E-state index is 11.0. The minimum absolute atomic E-state index is 0.0121. The lowest BCUT2D eigenvalue weighted by atomic mass is 10.1. The fourth-order valence-electron chi connectivity index (χ4n) is 2.18. The van der Waals surface area contributed by atoms with E-state index >= 15 is 0 Å². The number of nitrogens with zero attached hydrogens (tertiary/aromatic N) is 1. The second-order valence-corrected chi connectivity index (χ2v) is 5.17.